The molecule has 82 valence electrons. The van der Waals surface area contributed by atoms with Crippen LogP contribution in [0.25, 0.3) is 11.4 Å². The first kappa shape index (κ1) is 9.35. The average Bonchev–Trinajstić information content (AvgIpc) is 2.73. The molecule has 0 bridgehead atoms. The van der Waals surface area contributed by atoms with Crippen molar-refractivity contribution in [3.63, 3.8) is 0 Å². The zero-order chi connectivity index (χ0) is 11.0. The van der Waals surface area contributed by atoms with Crippen molar-refractivity contribution in [2.24, 2.45) is 0 Å². The molecule has 1 aromatic heterocycles. The van der Waals surface area contributed by atoms with Crippen molar-refractivity contribution in [1.29, 1.82) is 0 Å². The maximum Gasteiger partial charge on any atom is 0.225 e. The van der Waals surface area contributed by atoms with Gasteiger partial charge >= 0.3 is 0 Å². The van der Waals surface area contributed by atoms with E-state index in [0.29, 0.717) is 13.1 Å². The molecular formula is C11H12N4O. The lowest BCUT2D eigenvalue weighted by Crippen LogP contribution is -2.31. The van der Waals surface area contributed by atoms with Crippen LogP contribution < -0.4 is 5.32 Å². The summed E-state index contributed by atoms with van der Waals surface area (Å²) in [5.41, 5.74) is 1.01. The highest BCUT2D eigenvalue weighted by atomic mass is 16.3. The second-order valence-electron chi connectivity index (χ2n) is 3.86. The van der Waals surface area contributed by atoms with Crippen LogP contribution in [0.15, 0.2) is 30.3 Å². The Hall–Kier alpha value is -1.88. The van der Waals surface area contributed by atoms with E-state index in [1.165, 1.54) is 0 Å². The molecule has 0 saturated heterocycles. The molecule has 3 rings (SSSR count). The van der Waals surface area contributed by atoms with Crippen LogP contribution >= 0.6 is 0 Å². The molecule has 2 heterocycles. The number of nitrogens with one attached hydrogen (secondary N) is 1. The molecule has 1 atom stereocenters. The summed E-state index contributed by atoms with van der Waals surface area (Å²) in [7, 11) is 0. The fourth-order valence-electron chi connectivity index (χ4n) is 1.89. The van der Waals surface area contributed by atoms with Crippen molar-refractivity contribution in [3.8, 4) is 11.4 Å². The van der Waals surface area contributed by atoms with Gasteiger partial charge in [-0.05, 0) is 0 Å². The maximum absolute atomic E-state index is 9.61. The van der Waals surface area contributed by atoms with E-state index in [1.54, 1.807) is 0 Å². The molecule has 1 aliphatic rings. The van der Waals surface area contributed by atoms with Gasteiger partial charge in [-0.3, -0.25) is 4.57 Å². The molecule has 5 nitrogen and oxygen atoms in total. The topological polar surface area (TPSA) is 63.0 Å². The Morgan fingerprint density at radius 2 is 2.06 bits per heavy atom. The van der Waals surface area contributed by atoms with Gasteiger partial charge in [-0.1, -0.05) is 30.3 Å². The molecule has 1 aliphatic heterocycles. The lowest BCUT2D eigenvalue weighted by Gasteiger charge is -2.21. The first-order chi connectivity index (χ1) is 7.84. The van der Waals surface area contributed by atoms with Crippen molar-refractivity contribution in [1.82, 2.24) is 14.8 Å². The minimum absolute atomic E-state index is 0.383. The minimum Gasteiger partial charge on any atom is -0.389 e. The summed E-state index contributed by atoms with van der Waals surface area (Å²) in [6.07, 6.45) is -0.383. The molecule has 0 amide bonds. The first-order valence-electron chi connectivity index (χ1n) is 5.25. The SMILES string of the molecule is OC1CNc2nnc(-c3ccccc3)n2C1. The van der Waals surface area contributed by atoms with Gasteiger partial charge < -0.3 is 10.4 Å². The van der Waals surface area contributed by atoms with Crippen LogP contribution in [0.4, 0.5) is 5.95 Å². The number of fused-ring (bicyclic) bond motifs is 1. The quantitative estimate of drug-likeness (QED) is 0.737. The number of aliphatic hydroxyl groups excluding tert-OH is 1. The number of anilines is 1. The number of rotatable bonds is 1. The Labute approximate surface area is 92.7 Å². The number of hydrogen-bond donors (Lipinski definition) is 2. The molecule has 2 aromatic rings. The average molecular weight is 216 g/mol. The summed E-state index contributed by atoms with van der Waals surface area (Å²) >= 11 is 0. The van der Waals surface area contributed by atoms with E-state index in [2.05, 4.69) is 15.5 Å². The van der Waals surface area contributed by atoms with Crippen LogP contribution in [0.1, 0.15) is 0 Å². The normalized spacial score (nSPS) is 18.9. The second kappa shape index (κ2) is 3.61. The third kappa shape index (κ3) is 1.45. The standard InChI is InChI=1S/C11H12N4O/c16-9-6-12-11-14-13-10(15(11)7-9)8-4-2-1-3-5-8/h1-5,9,16H,6-7H2,(H,12,14). The van der Waals surface area contributed by atoms with E-state index >= 15 is 0 Å². The van der Waals surface area contributed by atoms with Crippen molar-refractivity contribution in [2.75, 3.05) is 11.9 Å². The van der Waals surface area contributed by atoms with Crippen LogP contribution in [0.2, 0.25) is 0 Å². The number of aromatic nitrogens is 3. The molecule has 1 unspecified atom stereocenters. The third-order valence-corrected chi connectivity index (χ3v) is 2.67. The largest absolute Gasteiger partial charge is 0.389 e. The van der Waals surface area contributed by atoms with Crippen LogP contribution in [0.3, 0.4) is 0 Å². The van der Waals surface area contributed by atoms with Gasteiger partial charge in [0.25, 0.3) is 0 Å². The van der Waals surface area contributed by atoms with Gasteiger partial charge in [-0.2, -0.15) is 0 Å². The van der Waals surface area contributed by atoms with E-state index < -0.39 is 0 Å². The van der Waals surface area contributed by atoms with Gasteiger partial charge in [-0.25, -0.2) is 0 Å². The second-order valence-corrected chi connectivity index (χ2v) is 3.86. The van der Waals surface area contributed by atoms with E-state index in [9.17, 15) is 5.11 Å². The van der Waals surface area contributed by atoms with Crippen LogP contribution in [0.5, 0.6) is 0 Å². The highest BCUT2D eigenvalue weighted by Crippen LogP contribution is 2.22. The van der Waals surface area contributed by atoms with Crippen LogP contribution in [0, 0.1) is 0 Å². The van der Waals surface area contributed by atoms with Gasteiger partial charge in [0, 0.05) is 12.1 Å². The minimum atomic E-state index is -0.383. The van der Waals surface area contributed by atoms with Gasteiger partial charge in [0.1, 0.15) is 0 Å². The van der Waals surface area contributed by atoms with Gasteiger partial charge in [0.2, 0.25) is 5.95 Å². The molecule has 0 aliphatic carbocycles. The summed E-state index contributed by atoms with van der Waals surface area (Å²) < 4.78 is 1.91. The highest BCUT2D eigenvalue weighted by molar-refractivity contribution is 5.57. The fourth-order valence-corrected chi connectivity index (χ4v) is 1.89. The maximum atomic E-state index is 9.61. The highest BCUT2D eigenvalue weighted by Gasteiger charge is 2.21. The monoisotopic (exact) mass is 216 g/mol. The summed E-state index contributed by atoms with van der Waals surface area (Å²) in [6, 6.07) is 9.86. The molecule has 2 N–H and O–H groups in total. The third-order valence-electron chi connectivity index (χ3n) is 2.67. The Bertz CT molecular complexity index is 494. The zero-order valence-electron chi connectivity index (χ0n) is 8.67. The molecule has 0 radical (unpaired) electrons. The molecule has 0 saturated carbocycles. The van der Waals surface area contributed by atoms with Crippen LogP contribution in [-0.2, 0) is 6.54 Å². The number of benzene rings is 1. The molecule has 0 spiro atoms. The van der Waals surface area contributed by atoms with Gasteiger partial charge in [-0.15, -0.1) is 10.2 Å². The Morgan fingerprint density at radius 3 is 2.88 bits per heavy atom. The number of aliphatic hydroxyl groups is 1. The van der Waals surface area contributed by atoms with Gasteiger partial charge in [0.05, 0.1) is 12.6 Å². The fraction of sp³-hybridized carbons (Fsp3) is 0.273. The summed E-state index contributed by atoms with van der Waals surface area (Å²) in [5.74, 6) is 1.52. The van der Waals surface area contributed by atoms with Crippen molar-refractivity contribution < 1.29 is 5.11 Å². The van der Waals surface area contributed by atoms with E-state index in [1.807, 2.05) is 34.9 Å². The lowest BCUT2D eigenvalue weighted by atomic mass is 10.2. The van der Waals surface area contributed by atoms with E-state index in [0.717, 1.165) is 17.3 Å². The molecule has 0 fully saturated rings. The van der Waals surface area contributed by atoms with E-state index in [-0.39, 0.29) is 6.10 Å². The smallest absolute Gasteiger partial charge is 0.225 e. The van der Waals surface area contributed by atoms with Crippen molar-refractivity contribution in [2.45, 2.75) is 12.6 Å². The summed E-state index contributed by atoms with van der Waals surface area (Å²) in [5, 5.41) is 20.8. The predicted octanol–water partition coefficient (Wildman–Crippen LogP) is 0.732. The first-order valence-corrected chi connectivity index (χ1v) is 5.25. The Balaban J connectivity index is 2.07. The molecule has 1 aromatic carbocycles. The predicted molar refractivity (Wildman–Crippen MR) is 60.0 cm³/mol. The summed E-state index contributed by atoms with van der Waals surface area (Å²) in [4.78, 5) is 0. The lowest BCUT2D eigenvalue weighted by molar-refractivity contribution is 0.160. The van der Waals surface area contributed by atoms with Crippen molar-refractivity contribution >= 4 is 5.95 Å². The van der Waals surface area contributed by atoms with E-state index in [4.69, 9.17) is 0 Å². The molecule has 5 heteroatoms. The number of hydrogen-bond acceptors (Lipinski definition) is 4. The number of β-amino-alcohol motifs (C(OH)–C–C–N with tert-alkyl or cyclic N) is 1. The Kier molecular flexibility index (Phi) is 2.11. The van der Waals surface area contributed by atoms with Crippen LogP contribution in [-0.4, -0.2) is 32.5 Å². The number of nitrogens with zero attached hydrogens (tertiary/aromatic N) is 3. The molecular weight excluding hydrogens is 204 g/mol. The van der Waals surface area contributed by atoms with Gasteiger partial charge in [0.15, 0.2) is 5.82 Å². The Morgan fingerprint density at radius 1 is 1.25 bits per heavy atom. The zero-order valence-corrected chi connectivity index (χ0v) is 8.67. The summed E-state index contributed by atoms with van der Waals surface area (Å²) in [6.45, 7) is 1.08. The molecule has 16 heavy (non-hydrogen) atoms. The van der Waals surface area contributed by atoms with Crippen molar-refractivity contribution in [3.05, 3.63) is 30.3 Å².